The van der Waals surface area contributed by atoms with Gasteiger partial charge in [-0.2, -0.15) is 0 Å². The molecule has 1 N–H and O–H groups in total. The normalized spacial score (nSPS) is 21.7. The highest BCUT2D eigenvalue weighted by molar-refractivity contribution is 5.95. The molecule has 1 rings (SSSR count). The summed E-state index contributed by atoms with van der Waals surface area (Å²) in [7, 11) is 0. The van der Waals surface area contributed by atoms with Crippen LogP contribution in [0.1, 0.15) is 34.1 Å². The van der Waals surface area contributed by atoms with Gasteiger partial charge < -0.3 is 15.0 Å². The van der Waals surface area contributed by atoms with Gasteiger partial charge in [0.05, 0.1) is 13.2 Å². The second-order valence-electron chi connectivity index (χ2n) is 5.60. The summed E-state index contributed by atoms with van der Waals surface area (Å²) in [5.41, 5.74) is 0. The number of nitrogens with zero attached hydrogens (tertiary/aromatic N) is 1. The van der Waals surface area contributed by atoms with Crippen molar-refractivity contribution in [1.29, 1.82) is 0 Å². The highest BCUT2D eigenvalue weighted by atomic mass is 16.5. The van der Waals surface area contributed by atoms with E-state index < -0.39 is 0 Å². The monoisotopic (exact) mass is 270 g/mol. The summed E-state index contributed by atoms with van der Waals surface area (Å²) in [5, 5.41) is 2.66. The molecule has 2 amide bonds. The zero-order valence-corrected chi connectivity index (χ0v) is 12.4. The van der Waals surface area contributed by atoms with Crippen LogP contribution in [0, 0.1) is 11.8 Å². The Morgan fingerprint density at radius 3 is 2.63 bits per heavy atom. The van der Waals surface area contributed by atoms with Gasteiger partial charge in [-0.25, -0.2) is 0 Å². The van der Waals surface area contributed by atoms with Crippen molar-refractivity contribution in [2.45, 2.75) is 40.2 Å². The summed E-state index contributed by atoms with van der Waals surface area (Å²) >= 11 is 0. The van der Waals surface area contributed by atoms with Gasteiger partial charge in [-0.3, -0.25) is 9.59 Å². The van der Waals surface area contributed by atoms with Crippen molar-refractivity contribution in [3.8, 4) is 0 Å². The molecule has 1 aliphatic rings. The number of ether oxygens (including phenoxy) is 1. The number of carbonyl (C=O) groups is 2. The quantitative estimate of drug-likeness (QED) is 0.703. The smallest absolute Gasteiger partial charge is 0.243 e. The third-order valence-electron chi connectivity index (χ3n) is 3.45. The standard InChI is InChI=1S/C14H26N2O3/c1-5-11(4)13-14(18)15-8-12(17)16(13)6-7-19-9-10(2)3/h10-11,13H,5-9H2,1-4H3,(H,15,18). The molecule has 19 heavy (non-hydrogen) atoms. The van der Waals surface area contributed by atoms with E-state index in [-0.39, 0.29) is 30.3 Å². The summed E-state index contributed by atoms with van der Waals surface area (Å²) in [6.45, 7) is 9.98. The number of rotatable bonds is 7. The molecule has 5 nitrogen and oxygen atoms in total. The Hall–Kier alpha value is -1.10. The first kappa shape index (κ1) is 16.0. The van der Waals surface area contributed by atoms with E-state index in [9.17, 15) is 9.59 Å². The minimum absolute atomic E-state index is 0.0157. The molecular weight excluding hydrogens is 244 g/mol. The van der Waals surface area contributed by atoms with Crippen molar-refractivity contribution < 1.29 is 14.3 Å². The highest BCUT2D eigenvalue weighted by Gasteiger charge is 2.36. The molecule has 0 aromatic rings. The maximum atomic E-state index is 12.0. The van der Waals surface area contributed by atoms with Crippen molar-refractivity contribution in [3.05, 3.63) is 0 Å². The van der Waals surface area contributed by atoms with E-state index in [0.29, 0.717) is 25.7 Å². The molecule has 0 aromatic carbocycles. The molecule has 0 bridgehead atoms. The summed E-state index contributed by atoms with van der Waals surface area (Å²) in [6, 6.07) is -0.353. The van der Waals surface area contributed by atoms with Crippen LogP contribution in [0.4, 0.5) is 0 Å². The Morgan fingerprint density at radius 1 is 1.37 bits per heavy atom. The third-order valence-corrected chi connectivity index (χ3v) is 3.45. The first-order chi connectivity index (χ1) is 8.97. The van der Waals surface area contributed by atoms with Crippen LogP contribution < -0.4 is 5.32 Å². The Balaban J connectivity index is 2.58. The zero-order valence-electron chi connectivity index (χ0n) is 12.4. The predicted octanol–water partition coefficient (Wildman–Crippen LogP) is 1.03. The predicted molar refractivity (Wildman–Crippen MR) is 73.6 cm³/mol. The van der Waals surface area contributed by atoms with Gasteiger partial charge in [0, 0.05) is 13.2 Å². The van der Waals surface area contributed by atoms with Crippen LogP contribution in [0.15, 0.2) is 0 Å². The fourth-order valence-electron chi connectivity index (χ4n) is 2.20. The largest absolute Gasteiger partial charge is 0.379 e. The number of hydrogen-bond acceptors (Lipinski definition) is 3. The molecule has 0 saturated carbocycles. The van der Waals surface area contributed by atoms with E-state index in [2.05, 4.69) is 19.2 Å². The van der Waals surface area contributed by atoms with Crippen LogP contribution in [-0.4, -0.2) is 49.1 Å². The lowest BCUT2D eigenvalue weighted by Gasteiger charge is -2.38. The fourth-order valence-corrected chi connectivity index (χ4v) is 2.20. The average molecular weight is 270 g/mol. The zero-order chi connectivity index (χ0) is 14.4. The molecule has 2 unspecified atom stereocenters. The number of nitrogens with one attached hydrogen (secondary N) is 1. The summed E-state index contributed by atoms with van der Waals surface area (Å²) in [4.78, 5) is 25.6. The topological polar surface area (TPSA) is 58.6 Å². The van der Waals surface area contributed by atoms with Gasteiger partial charge in [0.15, 0.2) is 0 Å². The molecule has 1 aliphatic heterocycles. The van der Waals surface area contributed by atoms with Crippen molar-refractivity contribution >= 4 is 11.8 Å². The molecule has 0 spiro atoms. The molecule has 2 atom stereocenters. The van der Waals surface area contributed by atoms with Crippen molar-refractivity contribution in [3.63, 3.8) is 0 Å². The average Bonchev–Trinajstić information content (AvgIpc) is 2.37. The molecule has 0 aromatic heterocycles. The van der Waals surface area contributed by atoms with Crippen LogP contribution in [-0.2, 0) is 14.3 Å². The Morgan fingerprint density at radius 2 is 2.05 bits per heavy atom. The SMILES string of the molecule is CCC(C)C1C(=O)NCC(=O)N1CCOCC(C)C. The molecule has 1 fully saturated rings. The summed E-state index contributed by atoms with van der Waals surface area (Å²) in [6.07, 6.45) is 0.870. The number of hydrogen-bond donors (Lipinski definition) is 1. The molecule has 0 radical (unpaired) electrons. The van der Waals surface area contributed by atoms with Gasteiger partial charge >= 0.3 is 0 Å². The maximum Gasteiger partial charge on any atom is 0.243 e. The molecule has 5 heteroatoms. The van der Waals surface area contributed by atoms with Gasteiger partial charge in [0.25, 0.3) is 0 Å². The van der Waals surface area contributed by atoms with Gasteiger partial charge in [-0.15, -0.1) is 0 Å². The number of amides is 2. The van der Waals surface area contributed by atoms with E-state index in [1.165, 1.54) is 0 Å². The van der Waals surface area contributed by atoms with Gasteiger partial charge in [0.2, 0.25) is 11.8 Å². The van der Waals surface area contributed by atoms with Gasteiger partial charge in [-0.05, 0) is 11.8 Å². The Bertz CT molecular complexity index is 318. The van der Waals surface area contributed by atoms with Crippen LogP contribution in [0.5, 0.6) is 0 Å². The number of carbonyl (C=O) groups excluding carboxylic acids is 2. The summed E-state index contributed by atoms with van der Waals surface area (Å²) < 4.78 is 5.52. The molecular formula is C14H26N2O3. The second kappa shape index (κ2) is 7.48. The Kier molecular flexibility index (Phi) is 6.28. The number of piperazine rings is 1. The van der Waals surface area contributed by atoms with Crippen LogP contribution in [0.2, 0.25) is 0 Å². The van der Waals surface area contributed by atoms with Crippen LogP contribution in [0.3, 0.4) is 0 Å². The maximum absolute atomic E-state index is 12.0. The molecule has 110 valence electrons. The molecule has 1 saturated heterocycles. The molecule has 0 aliphatic carbocycles. The lowest BCUT2D eigenvalue weighted by atomic mass is 9.95. The lowest BCUT2D eigenvalue weighted by Crippen LogP contribution is -2.61. The van der Waals surface area contributed by atoms with E-state index in [0.717, 1.165) is 6.42 Å². The van der Waals surface area contributed by atoms with Gasteiger partial charge in [-0.1, -0.05) is 34.1 Å². The summed E-state index contributed by atoms with van der Waals surface area (Å²) in [5.74, 6) is 0.580. The first-order valence-corrected chi connectivity index (χ1v) is 7.12. The lowest BCUT2D eigenvalue weighted by molar-refractivity contribution is -0.148. The van der Waals surface area contributed by atoms with Gasteiger partial charge in [0.1, 0.15) is 6.04 Å². The van der Waals surface area contributed by atoms with E-state index in [1.807, 2.05) is 13.8 Å². The van der Waals surface area contributed by atoms with Crippen molar-refractivity contribution in [1.82, 2.24) is 10.2 Å². The molecule has 1 heterocycles. The first-order valence-electron chi connectivity index (χ1n) is 7.12. The van der Waals surface area contributed by atoms with E-state index in [4.69, 9.17) is 4.74 Å². The fraction of sp³-hybridized carbons (Fsp3) is 0.857. The second-order valence-corrected chi connectivity index (χ2v) is 5.60. The van der Waals surface area contributed by atoms with E-state index in [1.54, 1.807) is 4.90 Å². The minimum atomic E-state index is -0.353. The third kappa shape index (κ3) is 4.49. The van der Waals surface area contributed by atoms with Crippen LogP contribution in [0.25, 0.3) is 0 Å². The Labute approximate surface area is 115 Å². The van der Waals surface area contributed by atoms with Crippen LogP contribution >= 0.6 is 0 Å². The van der Waals surface area contributed by atoms with Crippen molar-refractivity contribution in [2.24, 2.45) is 11.8 Å². The van der Waals surface area contributed by atoms with Crippen molar-refractivity contribution in [2.75, 3.05) is 26.3 Å². The highest BCUT2D eigenvalue weighted by Crippen LogP contribution is 2.17. The minimum Gasteiger partial charge on any atom is -0.379 e. The van der Waals surface area contributed by atoms with E-state index >= 15 is 0 Å².